The maximum Gasteiger partial charge on any atom is 0.00412 e. The Morgan fingerprint density at radius 3 is 2.59 bits per heavy atom. The van der Waals surface area contributed by atoms with Crippen LogP contribution in [-0.2, 0) is 0 Å². The van der Waals surface area contributed by atoms with Crippen LogP contribution in [0.3, 0.4) is 0 Å². The van der Waals surface area contributed by atoms with E-state index in [1.54, 1.807) is 25.7 Å². The highest BCUT2D eigenvalue weighted by Gasteiger charge is 2.39. The molecular formula is C16H31N. The Labute approximate surface area is 108 Å². The third-order valence-electron chi connectivity index (χ3n) is 5.09. The molecular weight excluding hydrogens is 206 g/mol. The summed E-state index contributed by atoms with van der Waals surface area (Å²) in [6, 6.07) is 0.712. The quantitative estimate of drug-likeness (QED) is 0.699. The normalized spacial score (nSPS) is 35.1. The molecule has 1 N–H and O–H groups in total. The van der Waals surface area contributed by atoms with Gasteiger partial charge < -0.3 is 5.32 Å². The van der Waals surface area contributed by atoms with Gasteiger partial charge in [0, 0.05) is 6.04 Å². The minimum Gasteiger partial charge on any atom is -0.314 e. The minimum atomic E-state index is 0.712. The summed E-state index contributed by atoms with van der Waals surface area (Å²) in [5.74, 6) is 4.23. The van der Waals surface area contributed by atoms with E-state index in [9.17, 15) is 0 Å². The third-order valence-corrected chi connectivity index (χ3v) is 5.09. The third kappa shape index (κ3) is 3.71. The van der Waals surface area contributed by atoms with E-state index in [0.717, 1.165) is 23.7 Å². The van der Waals surface area contributed by atoms with Crippen molar-refractivity contribution >= 4 is 0 Å². The van der Waals surface area contributed by atoms with Gasteiger partial charge in [-0.05, 0) is 75.7 Å². The Hall–Kier alpha value is -0.0400. The molecule has 17 heavy (non-hydrogen) atoms. The van der Waals surface area contributed by atoms with E-state index in [-0.39, 0.29) is 0 Å². The summed E-state index contributed by atoms with van der Waals surface area (Å²) in [6.45, 7) is 8.25. The molecule has 0 aliphatic heterocycles. The van der Waals surface area contributed by atoms with Crippen molar-refractivity contribution in [2.24, 2.45) is 23.7 Å². The van der Waals surface area contributed by atoms with Gasteiger partial charge in [-0.1, -0.05) is 20.3 Å². The molecule has 0 aromatic carbocycles. The minimum absolute atomic E-state index is 0.712. The fourth-order valence-corrected chi connectivity index (χ4v) is 4.36. The molecule has 1 heteroatoms. The van der Waals surface area contributed by atoms with E-state index in [0.29, 0.717) is 6.04 Å². The maximum absolute atomic E-state index is 3.62. The number of rotatable bonds is 7. The van der Waals surface area contributed by atoms with Crippen LogP contribution in [0.25, 0.3) is 0 Å². The first-order chi connectivity index (χ1) is 8.19. The molecule has 2 rings (SSSR count). The number of nitrogens with one attached hydrogen (secondary N) is 1. The lowest BCUT2D eigenvalue weighted by Gasteiger charge is -2.26. The van der Waals surface area contributed by atoms with Gasteiger partial charge in [-0.25, -0.2) is 0 Å². The summed E-state index contributed by atoms with van der Waals surface area (Å²) in [7, 11) is 0. The van der Waals surface area contributed by atoms with Crippen LogP contribution in [0.15, 0.2) is 0 Å². The highest BCUT2D eigenvalue weighted by Crippen LogP contribution is 2.50. The second kappa shape index (κ2) is 6.22. The van der Waals surface area contributed by atoms with Crippen LogP contribution in [0, 0.1) is 23.7 Å². The predicted molar refractivity (Wildman–Crippen MR) is 75.1 cm³/mol. The SMILES string of the molecule is CCCNC(C)CC(C)CC1CC2CCC1C2. The topological polar surface area (TPSA) is 12.0 Å². The lowest BCUT2D eigenvalue weighted by molar-refractivity contribution is 0.259. The molecule has 100 valence electrons. The Morgan fingerprint density at radius 1 is 1.18 bits per heavy atom. The van der Waals surface area contributed by atoms with Gasteiger partial charge >= 0.3 is 0 Å². The van der Waals surface area contributed by atoms with Gasteiger partial charge in [-0.15, -0.1) is 0 Å². The molecule has 2 saturated carbocycles. The summed E-state index contributed by atoms with van der Waals surface area (Å²) in [6.07, 6.45) is 10.3. The van der Waals surface area contributed by atoms with Gasteiger partial charge in [0.25, 0.3) is 0 Å². The molecule has 2 bridgehead atoms. The standard InChI is InChI=1S/C16H31N/c1-4-7-17-13(3)8-12(2)9-16-11-14-5-6-15(16)10-14/h12-17H,4-11H2,1-3H3. The van der Waals surface area contributed by atoms with Crippen LogP contribution in [0.2, 0.25) is 0 Å². The van der Waals surface area contributed by atoms with Crippen molar-refractivity contribution in [3.05, 3.63) is 0 Å². The first-order valence-corrected chi connectivity index (χ1v) is 7.92. The van der Waals surface area contributed by atoms with Gasteiger partial charge in [-0.2, -0.15) is 0 Å². The van der Waals surface area contributed by atoms with Gasteiger partial charge in [0.05, 0.1) is 0 Å². The number of hydrogen-bond acceptors (Lipinski definition) is 1. The molecule has 2 fully saturated rings. The highest BCUT2D eigenvalue weighted by atomic mass is 14.9. The van der Waals surface area contributed by atoms with Crippen LogP contribution in [0.5, 0.6) is 0 Å². The molecule has 0 spiro atoms. The molecule has 2 aliphatic rings. The molecule has 5 unspecified atom stereocenters. The van der Waals surface area contributed by atoms with E-state index in [4.69, 9.17) is 0 Å². The zero-order chi connectivity index (χ0) is 12.3. The molecule has 0 amide bonds. The van der Waals surface area contributed by atoms with Crippen LogP contribution in [0.1, 0.15) is 65.7 Å². The van der Waals surface area contributed by atoms with E-state index in [1.807, 2.05) is 0 Å². The summed E-state index contributed by atoms with van der Waals surface area (Å²) in [4.78, 5) is 0. The predicted octanol–water partition coefficient (Wildman–Crippen LogP) is 4.23. The molecule has 0 saturated heterocycles. The fraction of sp³-hybridized carbons (Fsp3) is 1.00. The fourth-order valence-electron chi connectivity index (χ4n) is 4.36. The zero-order valence-corrected chi connectivity index (χ0v) is 12.0. The molecule has 0 aromatic rings. The summed E-state index contributed by atoms with van der Waals surface area (Å²) in [5, 5.41) is 3.62. The van der Waals surface area contributed by atoms with E-state index in [1.165, 1.54) is 25.8 Å². The Bertz CT molecular complexity index is 226. The number of fused-ring (bicyclic) bond motifs is 2. The Balaban J connectivity index is 1.65. The van der Waals surface area contributed by atoms with Crippen molar-refractivity contribution in [1.82, 2.24) is 5.32 Å². The lowest BCUT2D eigenvalue weighted by atomic mass is 9.81. The van der Waals surface area contributed by atoms with Crippen molar-refractivity contribution in [3.8, 4) is 0 Å². The molecule has 0 heterocycles. The monoisotopic (exact) mass is 237 g/mol. The molecule has 0 aromatic heterocycles. The first kappa shape index (κ1) is 13.4. The molecule has 0 radical (unpaired) electrons. The van der Waals surface area contributed by atoms with Crippen molar-refractivity contribution in [2.75, 3.05) is 6.54 Å². The molecule has 5 atom stereocenters. The highest BCUT2D eigenvalue weighted by molar-refractivity contribution is 4.90. The largest absolute Gasteiger partial charge is 0.314 e. The van der Waals surface area contributed by atoms with Crippen molar-refractivity contribution < 1.29 is 0 Å². The molecule has 1 nitrogen and oxygen atoms in total. The summed E-state index contributed by atoms with van der Waals surface area (Å²) < 4.78 is 0. The summed E-state index contributed by atoms with van der Waals surface area (Å²) >= 11 is 0. The second-order valence-corrected chi connectivity index (χ2v) is 6.87. The Morgan fingerprint density at radius 2 is 2.00 bits per heavy atom. The lowest BCUT2D eigenvalue weighted by Crippen LogP contribution is -2.29. The summed E-state index contributed by atoms with van der Waals surface area (Å²) in [5.41, 5.74) is 0. The zero-order valence-electron chi connectivity index (χ0n) is 12.0. The van der Waals surface area contributed by atoms with Crippen LogP contribution in [-0.4, -0.2) is 12.6 Å². The second-order valence-electron chi connectivity index (χ2n) is 6.87. The smallest absolute Gasteiger partial charge is 0.00412 e. The van der Waals surface area contributed by atoms with Gasteiger partial charge in [0.2, 0.25) is 0 Å². The maximum atomic E-state index is 3.62. The van der Waals surface area contributed by atoms with E-state index in [2.05, 4.69) is 26.1 Å². The average Bonchev–Trinajstić information content (AvgIpc) is 2.87. The Kier molecular flexibility index (Phi) is 4.90. The van der Waals surface area contributed by atoms with Crippen molar-refractivity contribution in [2.45, 2.75) is 71.8 Å². The van der Waals surface area contributed by atoms with Crippen LogP contribution < -0.4 is 5.32 Å². The van der Waals surface area contributed by atoms with Crippen LogP contribution in [0.4, 0.5) is 0 Å². The van der Waals surface area contributed by atoms with Crippen molar-refractivity contribution in [3.63, 3.8) is 0 Å². The van der Waals surface area contributed by atoms with E-state index >= 15 is 0 Å². The van der Waals surface area contributed by atoms with Gasteiger partial charge in [0.15, 0.2) is 0 Å². The van der Waals surface area contributed by atoms with Gasteiger partial charge in [-0.3, -0.25) is 0 Å². The van der Waals surface area contributed by atoms with Crippen molar-refractivity contribution in [1.29, 1.82) is 0 Å². The van der Waals surface area contributed by atoms with Gasteiger partial charge in [0.1, 0.15) is 0 Å². The number of hydrogen-bond donors (Lipinski definition) is 1. The molecule has 2 aliphatic carbocycles. The first-order valence-electron chi connectivity index (χ1n) is 7.92. The van der Waals surface area contributed by atoms with Crippen LogP contribution >= 0.6 is 0 Å². The van der Waals surface area contributed by atoms with E-state index < -0.39 is 0 Å². The average molecular weight is 237 g/mol.